The fraction of sp³-hybridized carbons (Fsp3) is 0.882. The van der Waals surface area contributed by atoms with E-state index in [0.29, 0.717) is 11.3 Å². The number of rotatable bonds is 10. The van der Waals surface area contributed by atoms with Crippen LogP contribution in [-0.4, -0.2) is 28.2 Å². The predicted octanol–water partition coefficient (Wildman–Crippen LogP) is 4.10. The van der Waals surface area contributed by atoms with E-state index in [1.54, 1.807) is 0 Å². The highest BCUT2D eigenvalue weighted by atomic mass is 16.5. The van der Waals surface area contributed by atoms with Gasteiger partial charge in [-0.2, -0.15) is 0 Å². The lowest BCUT2D eigenvalue weighted by Crippen LogP contribution is -2.08. The van der Waals surface area contributed by atoms with Gasteiger partial charge in [0, 0.05) is 12.8 Å². The maximum Gasteiger partial charge on any atom is 0.0827 e. The molecule has 4 nitrogen and oxygen atoms in total. The Morgan fingerprint density at radius 3 is 2.62 bits per heavy atom. The van der Waals surface area contributed by atoms with E-state index in [-0.39, 0.29) is 0 Å². The Balaban J connectivity index is 2.12. The minimum absolute atomic E-state index is 0.435. The lowest BCUT2D eigenvalue weighted by atomic mass is 9.89. The molecule has 0 radical (unpaired) electrons. The third kappa shape index (κ3) is 9.62. The van der Waals surface area contributed by atoms with Crippen LogP contribution in [0.15, 0.2) is 6.20 Å². The highest BCUT2D eigenvalue weighted by Crippen LogP contribution is 2.21. The van der Waals surface area contributed by atoms with Gasteiger partial charge in [0.15, 0.2) is 0 Å². The maximum absolute atomic E-state index is 5.61. The van der Waals surface area contributed by atoms with Crippen LogP contribution in [0, 0.1) is 11.3 Å². The molecule has 0 saturated carbocycles. The largest absolute Gasteiger partial charge is 0.380 e. The van der Waals surface area contributed by atoms with Gasteiger partial charge in [-0.3, -0.25) is 0 Å². The Morgan fingerprint density at radius 2 is 1.95 bits per heavy atom. The highest BCUT2D eigenvalue weighted by molar-refractivity contribution is 4.92. The summed E-state index contributed by atoms with van der Waals surface area (Å²) < 4.78 is 7.50. The molecule has 0 aliphatic heterocycles. The molecule has 0 fully saturated rings. The summed E-state index contributed by atoms with van der Waals surface area (Å²) in [6, 6.07) is 0. The molecule has 0 aliphatic carbocycles. The van der Waals surface area contributed by atoms with Crippen LogP contribution in [0.5, 0.6) is 0 Å². The highest BCUT2D eigenvalue weighted by Gasteiger charge is 2.09. The fourth-order valence-corrected chi connectivity index (χ4v) is 2.10. The van der Waals surface area contributed by atoms with Crippen LogP contribution in [0.3, 0.4) is 0 Å². The second-order valence-corrected chi connectivity index (χ2v) is 7.54. The van der Waals surface area contributed by atoms with E-state index in [9.17, 15) is 0 Å². The summed E-state index contributed by atoms with van der Waals surface area (Å²) in [6.45, 7) is 13.7. The Bertz CT molecular complexity index is 380. The number of hydrogen-bond acceptors (Lipinski definition) is 3. The summed E-state index contributed by atoms with van der Waals surface area (Å²) in [5.41, 5.74) is 1.54. The zero-order chi connectivity index (χ0) is 15.7. The Labute approximate surface area is 130 Å². The second kappa shape index (κ2) is 9.19. The van der Waals surface area contributed by atoms with E-state index in [4.69, 9.17) is 4.74 Å². The minimum atomic E-state index is 0.435. The normalized spacial score (nSPS) is 12.3. The van der Waals surface area contributed by atoms with Gasteiger partial charge >= 0.3 is 0 Å². The first-order valence-electron chi connectivity index (χ1n) is 8.33. The van der Waals surface area contributed by atoms with E-state index in [1.165, 1.54) is 19.3 Å². The minimum Gasteiger partial charge on any atom is -0.380 e. The van der Waals surface area contributed by atoms with Crippen LogP contribution in [-0.2, 0) is 17.7 Å². The van der Waals surface area contributed by atoms with Crippen molar-refractivity contribution in [3.63, 3.8) is 0 Å². The van der Waals surface area contributed by atoms with Crippen molar-refractivity contribution in [2.24, 2.45) is 11.3 Å². The summed E-state index contributed by atoms with van der Waals surface area (Å²) in [4.78, 5) is 0. The average molecular weight is 295 g/mol. The molecule has 4 heteroatoms. The van der Waals surface area contributed by atoms with Gasteiger partial charge in [0.05, 0.1) is 18.8 Å². The van der Waals surface area contributed by atoms with E-state index in [1.807, 2.05) is 4.68 Å². The molecule has 0 saturated heterocycles. The number of nitrogens with zero attached hydrogens (tertiary/aromatic N) is 3. The first kappa shape index (κ1) is 18.1. The molecule has 122 valence electrons. The Hall–Kier alpha value is -0.900. The molecule has 0 N–H and O–H groups in total. The Kier molecular flexibility index (Phi) is 7.94. The standard InChI is InChI=1S/C17H33N3O/c1-15(2)9-12-21-13-11-20-14-16(18-19-20)8-6-7-10-17(3,4)5/h14-15H,6-13H2,1-5H3. The lowest BCUT2D eigenvalue weighted by molar-refractivity contribution is 0.113. The third-order valence-corrected chi connectivity index (χ3v) is 3.50. The zero-order valence-corrected chi connectivity index (χ0v) is 14.6. The molecular weight excluding hydrogens is 262 g/mol. The number of unbranched alkanes of at least 4 members (excludes halogenated alkanes) is 1. The van der Waals surface area contributed by atoms with Crippen LogP contribution in [0.25, 0.3) is 0 Å². The lowest BCUT2D eigenvalue weighted by Gasteiger charge is -2.17. The summed E-state index contributed by atoms with van der Waals surface area (Å²) in [7, 11) is 0. The van der Waals surface area contributed by atoms with Crippen molar-refractivity contribution in [3.8, 4) is 0 Å². The molecule has 1 aromatic heterocycles. The van der Waals surface area contributed by atoms with E-state index >= 15 is 0 Å². The molecule has 0 aliphatic rings. The van der Waals surface area contributed by atoms with E-state index in [2.05, 4.69) is 51.1 Å². The van der Waals surface area contributed by atoms with Gasteiger partial charge in [0.1, 0.15) is 0 Å². The first-order chi connectivity index (χ1) is 9.87. The van der Waals surface area contributed by atoms with Gasteiger partial charge in [-0.25, -0.2) is 4.68 Å². The van der Waals surface area contributed by atoms with Gasteiger partial charge in [0.2, 0.25) is 0 Å². The zero-order valence-electron chi connectivity index (χ0n) is 14.6. The predicted molar refractivity (Wildman–Crippen MR) is 87.3 cm³/mol. The van der Waals surface area contributed by atoms with Crippen molar-refractivity contribution >= 4 is 0 Å². The SMILES string of the molecule is CC(C)CCOCCn1cc(CCCCC(C)(C)C)nn1. The van der Waals surface area contributed by atoms with Gasteiger partial charge in [-0.05, 0) is 37.0 Å². The molecule has 1 heterocycles. The topological polar surface area (TPSA) is 39.9 Å². The maximum atomic E-state index is 5.61. The van der Waals surface area contributed by atoms with Crippen molar-refractivity contribution in [3.05, 3.63) is 11.9 Å². The third-order valence-electron chi connectivity index (χ3n) is 3.50. The molecule has 1 rings (SSSR count). The molecule has 0 atom stereocenters. The molecular formula is C17H33N3O. The van der Waals surface area contributed by atoms with Crippen LogP contribution in [0.2, 0.25) is 0 Å². The quantitative estimate of drug-likeness (QED) is 0.610. The smallest absolute Gasteiger partial charge is 0.0827 e. The number of ether oxygens (including phenoxy) is 1. The summed E-state index contributed by atoms with van der Waals surface area (Å²) in [6.07, 6.45) is 7.93. The molecule has 0 amide bonds. The second-order valence-electron chi connectivity index (χ2n) is 7.54. The van der Waals surface area contributed by atoms with Crippen LogP contribution in [0.4, 0.5) is 0 Å². The van der Waals surface area contributed by atoms with Gasteiger partial charge < -0.3 is 4.74 Å². The molecule has 21 heavy (non-hydrogen) atoms. The number of hydrogen-bond donors (Lipinski definition) is 0. The molecule has 0 aromatic carbocycles. The first-order valence-corrected chi connectivity index (χ1v) is 8.33. The van der Waals surface area contributed by atoms with Crippen LogP contribution >= 0.6 is 0 Å². The van der Waals surface area contributed by atoms with Gasteiger partial charge in [-0.1, -0.05) is 46.3 Å². The van der Waals surface area contributed by atoms with Crippen LogP contribution in [0.1, 0.15) is 66.0 Å². The van der Waals surface area contributed by atoms with Gasteiger partial charge in [-0.15, -0.1) is 5.10 Å². The summed E-state index contributed by atoms with van der Waals surface area (Å²) >= 11 is 0. The number of aromatic nitrogens is 3. The van der Waals surface area contributed by atoms with Crippen molar-refractivity contribution in [1.82, 2.24) is 15.0 Å². The fourth-order valence-electron chi connectivity index (χ4n) is 2.10. The van der Waals surface area contributed by atoms with Crippen molar-refractivity contribution < 1.29 is 4.74 Å². The summed E-state index contributed by atoms with van der Waals surface area (Å²) in [5.74, 6) is 0.705. The van der Waals surface area contributed by atoms with Crippen molar-refractivity contribution in [2.45, 2.75) is 73.3 Å². The van der Waals surface area contributed by atoms with E-state index in [0.717, 1.165) is 38.3 Å². The molecule has 1 aromatic rings. The molecule has 0 spiro atoms. The summed E-state index contributed by atoms with van der Waals surface area (Å²) in [5, 5.41) is 8.40. The monoisotopic (exact) mass is 295 g/mol. The van der Waals surface area contributed by atoms with Crippen LogP contribution < -0.4 is 0 Å². The molecule has 0 unspecified atom stereocenters. The Morgan fingerprint density at radius 1 is 1.19 bits per heavy atom. The van der Waals surface area contributed by atoms with Crippen molar-refractivity contribution in [1.29, 1.82) is 0 Å². The van der Waals surface area contributed by atoms with Crippen molar-refractivity contribution in [2.75, 3.05) is 13.2 Å². The van der Waals surface area contributed by atoms with Gasteiger partial charge in [0.25, 0.3) is 0 Å². The average Bonchev–Trinajstić information content (AvgIpc) is 2.81. The number of aryl methyl sites for hydroxylation is 1. The molecule has 0 bridgehead atoms. The van der Waals surface area contributed by atoms with E-state index < -0.39 is 0 Å².